The fraction of sp³-hybridized carbons (Fsp3) is 0.462. The molecule has 0 aromatic heterocycles. The molecule has 1 unspecified atom stereocenters. The van der Waals surface area contributed by atoms with Gasteiger partial charge < -0.3 is 5.11 Å². The Balaban J connectivity index is 2.90. The Labute approximate surface area is 117 Å². The summed E-state index contributed by atoms with van der Waals surface area (Å²) in [5.41, 5.74) is 0.548. The lowest BCUT2D eigenvalue weighted by molar-refractivity contribution is -0.137. The van der Waals surface area contributed by atoms with Crippen molar-refractivity contribution in [3.8, 4) is 0 Å². The predicted molar refractivity (Wildman–Crippen MR) is 73.2 cm³/mol. The molecule has 0 radical (unpaired) electrons. The van der Waals surface area contributed by atoms with Crippen LogP contribution in [-0.2, 0) is 14.8 Å². The first-order valence-corrected chi connectivity index (χ1v) is 7.96. The molecule has 0 aliphatic rings. The first-order chi connectivity index (χ1) is 9.34. The van der Waals surface area contributed by atoms with Crippen LogP contribution in [0.2, 0.25) is 0 Å². The van der Waals surface area contributed by atoms with E-state index in [-0.39, 0.29) is 18.6 Å². The topological polar surface area (TPSA) is 83.5 Å². The number of carboxylic acid groups (broad SMARTS) is 1. The molecular weight excluding hydrogens is 285 g/mol. The summed E-state index contributed by atoms with van der Waals surface area (Å²) in [6, 6.07) is 4.68. The molecule has 0 amide bonds. The molecule has 2 N–H and O–H groups in total. The molecule has 1 aromatic carbocycles. The highest BCUT2D eigenvalue weighted by Gasteiger charge is 2.19. The summed E-state index contributed by atoms with van der Waals surface area (Å²) < 4.78 is 38.9. The van der Waals surface area contributed by atoms with E-state index in [0.717, 1.165) is 0 Å². The van der Waals surface area contributed by atoms with Crippen LogP contribution in [0.4, 0.5) is 4.39 Å². The van der Waals surface area contributed by atoms with Gasteiger partial charge in [0.25, 0.3) is 0 Å². The normalized spacial score (nSPS) is 13.1. The van der Waals surface area contributed by atoms with Crippen LogP contribution in [0.5, 0.6) is 0 Å². The second-order valence-electron chi connectivity index (χ2n) is 4.47. The highest BCUT2D eigenvalue weighted by atomic mass is 32.2. The summed E-state index contributed by atoms with van der Waals surface area (Å²) in [5.74, 6) is -1.47. The third-order valence-corrected chi connectivity index (χ3v) is 4.30. The summed E-state index contributed by atoms with van der Waals surface area (Å²) in [6.45, 7) is 1.74. The molecule has 112 valence electrons. The van der Waals surface area contributed by atoms with Gasteiger partial charge in [-0.3, -0.25) is 4.79 Å². The van der Waals surface area contributed by atoms with E-state index in [4.69, 9.17) is 5.11 Å². The van der Waals surface area contributed by atoms with E-state index in [1.807, 2.05) is 0 Å². The van der Waals surface area contributed by atoms with Crippen LogP contribution >= 0.6 is 0 Å². The number of sulfonamides is 1. The van der Waals surface area contributed by atoms with E-state index in [2.05, 4.69) is 4.72 Å². The van der Waals surface area contributed by atoms with E-state index >= 15 is 0 Å². The van der Waals surface area contributed by atoms with Gasteiger partial charge in [0, 0.05) is 12.5 Å². The second kappa shape index (κ2) is 7.35. The van der Waals surface area contributed by atoms with Crippen LogP contribution in [0.1, 0.15) is 37.8 Å². The highest BCUT2D eigenvalue weighted by Crippen LogP contribution is 2.20. The molecule has 1 rings (SSSR count). The Morgan fingerprint density at radius 3 is 2.45 bits per heavy atom. The number of carbonyl (C=O) groups is 1. The van der Waals surface area contributed by atoms with Crippen LogP contribution in [0.25, 0.3) is 0 Å². The van der Waals surface area contributed by atoms with Crippen molar-refractivity contribution < 1.29 is 22.7 Å². The zero-order chi connectivity index (χ0) is 15.2. The molecule has 0 saturated carbocycles. The summed E-state index contributed by atoms with van der Waals surface area (Å²) >= 11 is 0. The maximum Gasteiger partial charge on any atom is 0.303 e. The van der Waals surface area contributed by atoms with Crippen molar-refractivity contribution in [3.05, 3.63) is 35.6 Å². The summed E-state index contributed by atoms with van der Waals surface area (Å²) in [7, 11) is -3.47. The van der Waals surface area contributed by atoms with Gasteiger partial charge in [-0.1, -0.05) is 19.1 Å². The Hall–Kier alpha value is -1.47. The van der Waals surface area contributed by atoms with Gasteiger partial charge in [0.05, 0.1) is 5.75 Å². The van der Waals surface area contributed by atoms with Crippen molar-refractivity contribution in [2.75, 3.05) is 5.75 Å². The van der Waals surface area contributed by atoms with E-state index < -0.39 is 27.9 Å². The van der Waals surface area contributed by atoms with Gasteiger partial charge in [-0.05, 0) is 30.5 Å². The lowest BCUT2D eigenvalue weighted by Gasteiger charge is -2.18. The molecule has 7 heteroatoms. The minimum atomic E-state index is -3.47. The number of hydrogen-bond acceptors (Lipinski definition) is 3. The summed E-state index contributed by atoms with van der Waals surface area (Å²) in [6.07, 6.45) is 0.408. The average molecular weight is 303 g/mol. The van der Waals surface area contributed by atoms with Crippen LogP contribution in [0.3, 0.4) is 0 Å². The monoisotopic (exact) mass is 303 g/mol. The maximum atomic E-state index is 12.9. The number of nitrogens with one attached hydrogen (secondary N) is 1. The van der Waals surface area contributed by atoms with Gasteiger partial charge in [-0.15, -0.1) is 0 Å². The zero-order valence-electron chi connectivity index (χ0n) is 11.2. The lowest BCUT2D eigenvalue weighted by atomic mass is 10.0. The molecular formula is C13H18FNO4S. The van der Waals surface area contributed by atoms with Crippen molar-refractivity contribution in [3.63, 3.8) is 0 Å². The van der Waals surface area contributed by atoms with E-state index in [1.165, 1.54) is 24.3 Å². The molecule has 0 saturated heterocycles. The molecule has 0 aliphatic carbocycles. The SMILES string of the molecule is CCCS(=O)(=O)NC(CCC(=O)O)c1ccc(F)cc1. The van der Waals surface area contributed by atoms with E-state index in [9.17, 15) is 17.6 Å². The third-order valence-electron chi connectivity index (χ3n) is 2.71. The molecule has 0 heterocycles. The zero-order valence-corrected chi connectivity index (χ0v) is 12.0. The maximum absolute atomic E-state index is 12.9. The van der Waals surface area contributed by atoms with Crippen LogP contribution in [-0.4, -0.2) is 25.2 Å². The van der Waals surface area contributed by atoms with E-state index in [1.54, 1.807) is 6.92 Å². The second-order valence-corrected chi connectivity index (χ2v) is 6.35. The minimum absolute atomic E-state index is 0.0300. The third kappa shape index (κ3) is 5.66. The minimum Gasteiger partial charge on any atom is -0.481 e. The quantitative estimate of drug-likeness (QED) is 0.770. The molecule has 1 atom stereocenters. The molecule has 0 bridgehead atoms. The van der Waals surface area contributed by atoms with Crippen LogP contribution in [0, 0.1) is 5.82 Å². The fourth-order valence-corrected chi connectivity index (χ4v) is 3.14. The van der Waals surface area contributed by atoms with E-state index in [0.29, 0.717) is 12.0 Å². The first kappa shape index (κ1) is 16.6. The number of rotatable bonds is 8. The largest absolute Gasteiger partial charge is 0.481 e. The number of aliphatic carboxylic acids is 1. The van der Waals surface area contributed by atoms with Crippen molar-refractivity contribution in [1.29, 1.82) is 0 Å². The van der Waals surface area contributed by atoms with Gasteiger partial charge in [0.1, 0.15) is 5.82 Å². The van der Waals surface area contributed by atoms with Gasteiger partial charge in [-0.2, -0.15) is 0 Å². The van der Waals surface area contributed by atoms with Crippen LogP contribution in [0.15, 0.2) is 24.3 Å². The van der Waals surface area contributed by atoms with Crippen molar-refractivity contribution >= 4 is 16.0 Å². The van der Waals surface area contributed by atoms with Gasteiger partial charge in [0.15, 0.2) is 0 Å². The van der Waals surface area contributed by atoms with Crippen molar-refractivity contribution in [2.45, 2.75) is 32.2 Å². The number of halogens is 1. The molecule has 0 spiro atoms. The number of benzene rings is 1. The van der Waals surface area contributed by atoms with Gasteiger partial charge in [0.2, 0.25) is 10.0 Å². The van der Waals surface area contributed by atoms with Gasteiger partial charge in [-0.25, -0.2) is 17.5 Å². The Morgan fingerprint density at radius 2 is 1.95 bits per heavy atom. The summed E-state index contributed by atoms with van der Waals surface area (Å²) in [5, 5.41) is 8.72. The van der Waals surface area contributed by atoms with Crippen LogP contribution < -0.4 is 4.72 Å². The molecule has 1 aromatic rings. The highest BCUT2D eigenvalue weighted by molar-refractivity contribution is 7.89. The number of hydrogen-bond donors (Lipinski definition) is 2. The summed E-state index contributed by atoms with van der Waals surface area (Å²) in [4.78, 5) is 10.6. The van der Waals surface area contributed by atoms with Crippen molar-refractivity contribution in [1.82, 2.24) is 4.72 Å². The number of carboxylic acids is 1. The lowest BCUT2D eigenvalue weighted by Crippen LogP contribution is -2.31. The smallest absolute Gasteiger partial charge is 0.303 e. The predicted octanol–water partition coefficient (Wildman–Crippen LogP) is 2.06. The Morgan fingerprint density at radius 1 is 1.35 bits per heavy atom. The Bertz CT molecular complexity index is 542. The first-order valence-electron chi connectivity index (χ1n) is 6.31. The molecule has 0 aliphatic heterocycles. The Kier molecular flexibility index (Phi) is 6.09. The van der Waals surface area contributed by atoms with Gasteiger partial charge >= 0.3 is 5.97 Å². The molecule has 5 nitrogen and oxygen atoms in total. The molecule has 0 fully saturated rings. The standard InChI is InChI=1S/C13H18FNO4S/c1-2-9-20(18,19)15-12(7-8-13(16)17)10-3-5-11(14)6-4-10/h3-6,12,15H,2,7-9H2,1H3,(H,16,17). The average Bonchev–Trinajstić information content (AvgIpc) is 2.35. The molecule has 20 heavy (non-hydrogen) atoms. The van der Waals surface area contributed by atoms with Crippen molar-refractivity contribution in [2.24, 2.45) is 0 Å². The fourth-order valence-electron chi connectivity index (χ4n) is 1.80.